The molecular formula is C18H17Cl2NO3. The van der Waals surface area contributed by atoms with Gasteiger partial charge < -0.3 is 9.47 Å². The molecule has 0 aliphatic carbocycles. The summed E-state index contributed by atoms with van der Waals surface area (Å²) in [7, 11) is 0. The number of carbonyl (C=O) groups excluding carboxylic acids is 1. The molecule has 2 aromatic carbocycles. The Hall–Kier alpha value is -1.59. The van der Waals surface area contributed by atoms with Crippen LogP contribution in [-0.2, 0) is 14.3 Å². The summed E-state index contributed by atoms with van der Waals surface area (Å²) in [6.45, 7) is 2.09. The van der Waals surface area contributed by atoms with E-state index >= 15 is 0 Å². The molecule has 0 spiro atoms. The smallest absolute Gasteiger partial charge is 0.326 e. The van der Waals surface area contributed by atoms with Crippen LogP contribution in [0.15, 0.2) is 48.5 Å². The van der Waals surface area contributed by atoms with Crippen LogP contribution in [0.5, 0.6) is 0 Å². The maximum atomic E-state index is 12.3. The molecule has 1 aliphatic heterocycles. The summed E-state index contributed by atoms with van der Waals surface area (Å²) < 4.78 is 11.3. The molecular weight excluding hydrogens is 349 g/mol. The third-order valence-electron chi connectivity index (χ3n) is 3.83. The molecule has 3 rings (SSSR count). The summed E-state index contributed by atoms with van der Waals surface area (Å²) in [5, 5.41) is 4.48. The van der Waals surface area contributed by atoms with Gasteiger partial charge in [-0.25, -0.2) is 0 Å². The summed E-state index contributed by atoms with van der Waals surface area (Å²) in [6.07, 6.45) is -0.876. The van der Waals surface area contributed by atoms with Crippen molar-refractivity contribution >= 4 is 29.2 Å². The normalized spacial score (nSPS) is 23.2. The van der Waals surface area contributed by atoms with E-state index in [-0.39, 0.29) is 5.97 Å². The molecule has 1 saturated heterocycles. The highest BCUT2D eigenvalue weighted by atomic mass is 35.5. The van der Waals surface area contributed by atoms with Crippen LogP contribution < -0.4 is 5.32 Å². The highest BCUT2D eigenvalue weighted by Gasteiger charge is 2.41. The van der Waals surface area contributed by atoms with Crippen molar-refractivity contribution < 1.29 is 14.3 Å². The Kier molecular flexibility index (Phi) is 5.41. The molecule has 3 atom stereocenters. The fourth-order valence-electron chi connectivity index (χ4n) is 2.67. The molecule has 4 nitrogen and oxygen atoms in total. The van der Waals surface area contributed by atoms with Gasteiger partial charge >= 0.3 is 5.97 Å². The lowest BCUT2D eigenvalue weighted by molar-refractivity contribution is -0.146. The summed E-state index contributed by atoms with van der Waals surface area (Å²) in [5.74, 6) is -0.339. The van der Waals surface area contributed by atoms with E-state index in [1.807, 2.05) is 24.3 Å². The molecule has 0 amide bonds. The minimum absolute atomic E-state index is 0.315. The fraction of sp³-hybridized carbons (Fsp3) is 0.278. The van der Waals surface area contributed by atoms with E-state index in [1.165, 1.54) is 0 Å². The van der Waals surface area contributed by atoms with Crippen LogP contribution in [0.3, 0.4) is 0 Å². The molecule has 1 heterocycles. The fourth-order valence-corrected chi connectivity index (χ4v) is 2.93. The first-order valence-corrected chi connectivity index (χ1v) is 8.43. The van der Waals surface area contributed by atoms with E-state index in [4.69, 9.17) is 32.7 Å². The molecule has 24 heavy (non-hydrogen) atoms. The topological polar surface area (TPSA) is 47.6 Å². The first-order valence-electron chi connectivity index (χ1n) is 7.67. The lowest BCUT2D eigenvalue weighted by Crippen LogP contribution is -2.37. The van der Waals surface area contributed by atoms with Crippen molar-refractivity contribution in [2.75, 3.05) is 6.61 Å². The van der Waals surface area contributed by atoms with Crippen LogP contribution in [0.1, 0.15) is 30.4 Å². The van der Waals surface area contributed by atoms with Crippen LogP contribution >= 0.6 is 23.2 Å². The lowest BCUT2D eigenvalue weighted by atomic mass is 10.0. The Morgan fingerprint density at radius 3 is 2.12 bits per heavy atom. The predicted molar refractivity (Wildman–Crippen MR) is 93.0 cm³/mol. The number of benzene rings is 2. The Morgan fingerprint density at radius 1 is 1.04 bits per heavy atom. The van der Waals surface area contributed by atoms with Crippen molar-refractivity contribution in [1.82, 2.24) is 5.32 Å². The highest BCUT2D eigenvalue weighted by molar-refractivity contribution is 6.30. The third kappa shape index (κ3) is 3.73. The van der Waals surface area contributed by atoms with Crippen LogP contribution in [0, 0.1) is 0 Å². The van der Waals surface area contributed by atoms with E-state index in [1.54, 1.807) is 31.2 Å². The average Bonchev–Trinajstić information content (AvgIpc) is 3.02. The van der Waals surface area contributed by atoms with Gasteiger partial charge in [-0.3, -0.25) is 10.1 Å². The number of nitrogens with one attached hydrogen (secondary N) is 1. The first kappa shape index (κ1) is 17.2. The van der Waals surface area contributed by atoms with Crippen LogP contribution in [0.2, 0.25) is 10.0 Å². The minimum Gasteiger partial charge on any atom is -0.465 e. The maximum absolute atomic E-state index is 12.3. The third-order valence-corrected chi connectivity index (χ3v) is 4.33. The number of carbonyl (C=O) groups is 1. The Labute approximate surface area is 150 Å². The molecule has 0 bridgehead atoms. The maximum Gasteiger partial charge on any atom is 0.326 e. The average molecular weight is 366 g/mol. The minimum atomic E-state index is -0.591. The van der Waals surface area contributed by atoms with E-state index in [0.29, 0.717) is 16.7 Å². The summed E-state index contributed by atoms with van der Waals surface area (Å²) in [4.78, 5) is 12.3. The SMILES string of the molecule is CCOC(=O)C1NC(c2ccc(Cl)cc2)OC1c1ccc(Cl)cc1. The second kappa shape index (κ2) is 7.53. The lowest BCUT2D eigenvalue weighted by Gasteiger charge is -2.16. The van der Waals surface area contributed by atoms with Gasteiger partial charge in [-0.05, 0) is 42.3 Å². The van der Waals surface area contributed by atoms with Gasteiger partial charge in [-0.1, -0.05) is 47.5 Å². The number of halogens is 2. The van der Waals surface area contributed by atoms with Gasteiger partial charge in [0.05, 0.1) is 6.61 Å². The van der Waals surface area contributed by atoms with Gasteiger partial charge in [0.2, 0.25) is 0 Å². The van der Waals surface area contributed by atoms with Gasteiger partial charge in [0.25, 0.3) is 0 Å². The predicted octanol–water partition coefficient (Wildman–Crippen LogP) is 4.28. The van der Waals surface area contributed by atoms with E-state index in [2.05, 4.69) is 5.32 Å². The number of ether oxygens (including phenoxy) is 2. The summed E-state index contributed by atoms with van der Waals surface area (Å²) in [6, 6.07) is 14.0. The molecule has 0 aromatic heterocycles. The highest BCUT2D eigenvalue weighted by Crippen LogP contribution is 2.36. The molecule has 126 valence electrons. The Morgan fingerprint density at radius 2 is 1.58 bits per heavy atom. The van der Waals surface area contributed by atoms with Crippen molar-refractivity contribution in [3.8, 4) is 0 Å². The first-order chi connectivity index (χ1) is 11.6. The molecule has 0 radical (unpaired) electrons. The van der Waals surface area contributed by atoms with Crippen molar-refractivity contribution in [1.29, 1.82) is 0 Å². The molecule has 0 saturated carbocycles. The molecule has 1 aliphatic rings. The second-order valence-electron chi connectivity index (χ2n) is 5.44. The molecule has 6 heteroatoms. The molecule has 1 N–H and O–H groups in total. The Bertz CT molecular complexity index is 703. The van der Waals surface area contributed by atoms with E-state index < -0.39 is 18.4 Å². The van der Waals surface area contributed by atoms with Crippen molar-refractivity contribution in [3.63, 3.8) is 0 Å². The molecule has 3 unspecified atom stereocenters. The van der Waals surface area contributed by atoms with Crippen molar-refractivity contribution in [2.45, 2.75) is 25.3 Å². The van der Waals surface area contributed by atoms with E-state index in [0.717, 1.165) is 11.1 Å². The quantitative estimate of drug-likeness (QED) is 0.821. The molecule has 1 fully saturated rings. The van der Waals surface area contributed by atoms with Crippen molar-refractivity contribution in [3.05, 3.63) is 69.7 Å². The van der Waals surface area contributed by atoms with Gasteiger partial charge in [-0.15, -0.1) is 0 Å². The van der Waals surface area contributed by atoms with Crippen LogP contribution in [0.4, 0.5) is 0 Å². The number of hydrogen-bond acceptors (Lipinski definition) is 4. The number of esters is 1. The zero-order valence-corrected chi connectivity index (χ0v) is 14.6. The second-order valence-corrected chi connectivity index (χ2v) is 6.31. The Balaban J connectivity index is 1.87. The zero-order valence-electron chi connectivity index (χ0n) is 13.0. The summed E-state index contributed by atoms with van der Waals surface area (Å²) >= 11 is 11.9. The van der Waals surface area contributed by atoms with Gasteiger partial charge in [-0.2, -0.15) is 0 Å². The number of rotatable bonds is 4. The van der Waals surface area contributed by atoms with Crippen molar-refractivity contribution in [2.24, 2.45) is 0 Å². The number of hydrogen-bond donors (Lipinski definition) is 1. The van der Waals surface area contributed by atoms with Gasteiger partial charge in [0, 0.05) is 10.0 Å². The van der Waals surface area contributed by atoms with Crippen LogP contribution in [-0.4, -0.2) is 18.6 Å². The summed E-state index contributed by atoms with van der Waals surface area (Å²) in [5.41, 5.74) is 1.76. The van der Waals surface area contributed by atoms with Gasteiger partial charge in [0.1, 0.15) is 18.4 Å². The largest absolute Gasteiger partial charge is 0.465 e. The van der Waals surface area contributed by atoms with Crippen LogP contribution in [0.25, 0.3) is 0 Å². The standard InChI is InChI=1S/C18H17Cl2NO3/c1-2-23-18(22)15-16(11-3-7-13(19)8-4-11)24-17(21-15)12-5-9-14(20)10-6-12/h3-10,15-17,21H,2H2,1H3. The monoisotopic (exact) mass is 365 g/mol. The molecule has 2 aromatic rings. The van der Waals surface area contributed by atoms with E-state index in [9.17, 15) is 4.79 Å². The van der Waals surface area contributed by atoms with Gasteiger partial charge in [0.15, 0.2) is 0 Å². The zero-order chi connectivity index (χ0) is 17.1.